The first-order valence-electron chi connectivity index (χ1n) is 6.19. The molecule has 0 aliphatic carbocycles. The molecule has 1 rings (SSSR count). The molecule has 19 heavy (non-hydrogen) atoms. The molecule has 0 aliphatic rings. The Balaban J connectivity index is 2.83. The highest BCUT2D eigenvalue weighted by Gasteiger charge is 2.26. The van der Waals surface area contributed by atoms with Crippen LogP contribution >= 0.6 is 0 Å². The van der Waals surface area contributed by atoms with Gasteiger partial charge in [0.15, 0.2) is 0 Å². The fourth-order valence-corrected chi connectivity index (χ4v) is 1.65. The Morgan fingerprint density at radius 2 is 2.11 bits per heavy atom. The number of aromatic nitrogens is 1. The number of pyridine rings is 1. The summed E-state index contributed by atoms with van der Waals surface area (Å²) >= 11 is 0. The Kier molecular flexibility index (Phi) is 5.29. The van der Waals surface area contributed by atoms with Crippen LogP contribution in [0.25, 0.3) is 0 Å². The Morgan fingerprint density at radius 3 is 2.53 bits per heavy atom. The van der Waals surface area contributed by atoms with Crippen molar-refractivity contribution in [3.05, 3.63) is 24.4 Å². The van der Waals surface area contributed by atoms with Crippen LogP contribution < -0.4 is 10.2 Å². The van der Waals surface area contributed by atoms with Gasteiger partial charge in [-0.05, 0) is 25.0 Å². The van der Waals surface area contributed by atoms with Crippen LogP contribution in [0.4, 0.5) is 10.6 Å². The number of amides is 2. The summed E-state index contributed by atoms with van der Waals surface area (Å²) in [6.45, 7) is 5.71. The zero-order chi connectivity index (χ0) is 14.4. The minimum absolute atomic E-state index is 0.191. The molecule has 0 fully saturated rings. The van der Waals surface area contributed by atoms with E-state index in [4.69, 9.17) is 5.11 Å². The van der Waals surface area contributed by atoms with E-state index in [0.29, 0.717) is 12.4 Å². The van der Waals surface area contributed by atoms with Crippen LogP contribution in [0, 0.1) is 5.92 Å². The molecule has 104 valence electrons. The third kappa shape index (κ3) is 3.94. The zero-order valence-electron chi connectivity index (χ0n) is 11.3. The van der Waals surface area contributed by atoms with Gasteiger partial charge in [0.05, 0.1) is 0 Å². The molecule has 0 bridgehead atoms. The molecule has 1 aromatic rings. The largest absolute Gasteiger partial charge is 0.480 e. The number of urea groups is 1. The van der Waals surface area contributed by atoms with Crippen LogP contribution in [0.1, 0.15) is 20.8 Å². The van der Waals surface area contributed by atoms with Crippen LogP contribution in [-0.4, -0.2) is 34.7 Å². The summed E-state index contributed by atoms with van der Waals surface area (Å²) in [6.07, 6.45) is 1.59. The van der Waals surface area contributed by atoms with Gasteiger partial charge in [-0.15, -0.1) is 0 Å². The lowest BCUT2D eigenvalue weighted by Crippen LogP contribution is -2.50. The lowest BCUT2D eigenvalue weighted by molar-refractivity contribution is -0.140. The molecule has 6 nitrogen and oxygen atoms in total. The molecule has 2 amide bonds. The van der Waals surface area contributed by atoms with E-state index in [1.165, 1.54) is 4.90 Å². The van der Waals surface area contributed by atoms with E-state index in [1.807, 2.05) is 0 Å². The van der Waals surface area contributed by atoms with Gasteiger partial charge in [-0.3, -0.25) is 4.90 Å². The van der Waals surface area contributed by atoms with Crippen molar-refractivity contribution in [2.45, 2.75) is 26.8 Å². The highest BCUT2D eigenvalue weighted by atomic mass is 16.4. The third-order valence-corrected chi connectivity index (χ3v) is 2.70. The first kappa shape index (κ1) is 14.9. The normalized spacial score (nSPS) is 12.0. The average Bonchev–Trinajstić information content (AvgIpc) is 2.37. The monoisotopic (exact) mass is 265 g/mol. The second kappa shape index (κ2) is 6.72. The maximum absolute atomic E-state index is 12.1. The Morgan fingerprint density at radius 1 is 1.42 bits per heavy atom. The van der Waals surface area contributed by atoms with E-state index >= 15 is 0 Å². The van der Waals surface area contributed by atoms with Crippen LogP contribution in [0.3, 0.4) is 0 Å². The number of rotatable bonds is 5. The van der Waals surface area contributed by atoms with E-state index < -0.39 is 18.0 Å². The highest BCUT2D eigenvalue weighted by Crippen LogP contribution is 2.10. The molecule has 0 saturated carbocycles. The number of carbonyl (C=O) groups is 2. The van der Waals surface area contributed by atoms with Gasteiger partial charge in [0, 0.05) is 12.7 Å². The topological polar surface area (TPSA) is 82.5 Å². The predicted octanol–water partition coefficient (Wildman–Crippen LogP) is 1.73. The molecular weight excluding hydrogens is 246 g/mol. The number of carboxylic acid groups (broad SMARTS) is 1. The summed E-state index contributed by atoms with van der Waals surface area (Å²) in [5.74, 6) is -0.736. The van der Waals surface area contributed by atoms with Gasteiger partial charge in [-0.25, -0.2) is 14.6 Å². The molecule has 0 spiro atoms. The third-order valence-electron chi connectivity index (χ3n) is 2.70. The van der Waals surface area contributed by atoms with Crippen LogP contribution in [-0.2, 0) is 4.79 Å². The van der Waals surface area contributed by atoms with Gasteiger partial charge in [0.25, 0.3) is 0 Å². The van der Waals surface area contributed by atoms with Gasteiger partial charge in [0.2, 0.25) is 0 Å². The minimum atomic E-state index is -1.04. The summed E-state index contributed by atoms with van der Waals surface area (Å²) < 4.78 is 0. The lowest BCUT2D eigenvalue weighted by atomic mass is 10.1. The predicted molar refractivity (Wildman–Crippen MR) is 72.1 cm³/mol. The zero-order valence-corrected chi connectivity index (χ0v) is 11.3. The summed E-state index contributed by atoms with van der Waals surface area (Å²) in [6, 6.07) is 3.86. The standard InChI is InChI=1S/C13H19N3O3/c1-4-16(10-7-5-6-8-14-10)13(19)15-11(9(2)3)12(17)18/h5-9,11H,4H2,1-3H3,(H,15,19)(H,17,18). The molecule has 1 heterocycles. The SMILES string of the molecule is CCN(C(=O)NC(C(=O)O)C(C)C)c1ccccn1. The van der Waals surface area contributed by atoms with Crippen LogP contribution in [0.2, 0.25) is 0 Å². The fraction of sp³-hybridized carbons (Fsp3) is 0.462. The van der Waals surface area contributed by atoms with Crippen molar-refractivity contribution in [2.75, 3.05) is 11.4 Å². The number of hydrogen-bond acceptors (Lipinski definition) is 3. The van der Waals surface area contributed by atoms with Crippen molar-refractivity contribution in [2.24, 2.45) is 5.92 Å². The van der Waals surface area contributed by atoms with Crippen molar-refractivity contribution >= 4 is 17.8 Å². The van der Waals surface area contributed by atoms with E-state index in [9.17, 15) is 9.59 Å². The first-order valence-corrected chi connectivity index (χ1v) is 6.19. The summed E-state index contributed by atoms with van der Waals surface area (Å²) in [7, 11) is 0. The lowest BCUT2D eigenvalue weighted by Gasteiger charge is -2.24. The van der Waals surface area contributed by atoms with Crippen molar-refractivity contribution in [3.63, 3.8) is 0 Å². The molecule has 1 aromatic heterocycles. The number of nitrogens with zero attached hydrogens (tertiary/aromatic N) is 2. The molecule has 0 aliphatic heterocycles. The van der Waals surface area contributed by atoms with Crippen LogP contribution in [0.5, 0.6) is 0 Å². The summed E-state index contributed by atoms with van der Waals surface area (Å²) in [5.41, 5.74) is 0. The molecule has 0 saturated heterocycles. The van der Waals surface area contributed by atoms with E-state index in [-0.39, 0.29) is 5.92 Å². The maximum atomic E-state index is 12.1. The fourth-order valence-electron chi connectivity index (χ4n) is 1.65. The molecule has 1 atom stereocenters. The Labute approximate surface area is 112 Å². The van der Waals surface area contributed by atoms with Crippen molar-refractivity contribution in [1.82, 2.24) is 10.3 Å². The summed E-state index contributed by atoms with van der Waals surface area (Å²) in [5, 5.41) is 11.6. The number of nitrogens with one attached hydrogen (secondary N) is 1. The number of anilines is 1. The van der Waals surface area contributed by atoms with Crippen molar-refractivity contribution < 1.29 is 14.7 Å². The molecule has 1 unspecified atom stereocenters. The van der Waals surface area contributed by atoms with E-state index in [2.05, 4.69) is 10.3 Å². The maximum Gasteiger partial charge on any atom is 0.326 e. The Hall–Kier alpha value is -2.11. The number of hydrogen-bond donors (Lipinski definition) is 2. The van der Waals surface area contributed by atoms with Crippen molar-refractivity contribution in [1.29, 1.82) is 0 Å². The van der Waals surface area contributed by atoms with Gasteiger partial charge in [-0.1, -0.05) is 19.9 Å². The van der Waals surface area contributed by atoms with Gasteiger partial charge < -0.3 is 10.4 Å². The average molecular weight is 265 g/mol. The number of carboxylic acids is 1. The molecular formula is C13H19N3O3. The first-order chi connectivity index (χ1) is 8.97. The quantitative estimate of drug-likeness (QED) is 0.849. The van der Waals surface area contributed by atoms with Gasteiger partial charge >= 0.3 is 12.0 Å². The van der Waals surface area contributed by atoms with Crippen molar-refractivity contribution in [3.8, 4) is 0 Å². The molecule has 6 heteroatoms. The Bertz CT molecular complexity index is 434. The smallest absolute Gasteiger partial charge is 0.326 e. The molecule has 2 N–H and O–H groups in total. The van der Waals surface area contributed by atoms with Crippen LogP contribution in [0.15, 0.2) is 24.4 Å². The molecule has 0 aromatic carbocycles. The number of carbonyl (C=O) groups excluding carboxylic acids is 1. The highest BCUT2D eigenvalue weighted by molar-refractivity contribution is 5.93. The minimum Gasteiger partial charge on any atom is -0.480 e. The van der Waals surface area contributed by atoms with Gasteiger partial charge in [0.1, 0.15) is 11.9 Å². The molecule has 0 radical (unpaired) electrons. The second-order valence-corrected chi connectivity index (χ2v) is 4.44. The van der Waals surface area contributed by atoms with E-state index in [0.717, 1.165) is 0 Å². The second-order valence-electron chi connectivity index (χ2n) is 4.44. The van der Waals surface area contributed by atoms with E-state index in [1.54, 1.807) is 45.2 Å². The van der Waals surface area contributed by atoms with Gasteiger partial charge in [-0.2, -0.15) is 0 Å². The number of aliphatic carboxylic acids is 1. The summed E-state index contributed by atoms with van der Waals surface area (Å²) in [4.78, 5) is 28.7.